The van der Waals surface area contributed by atoms with Crippen molar-refractivity contribution in [2.24, 2.45) is 0 Å². The number of rotatable bonds is 9. The Kier molecular flexibility index (Phi) is 7.69. The number of halogens is 2. The first kappa shape index (κ1) is 22.8. The maximum absolute atomic E-state index is 13.7. The molecule has 0 heterocycles. The number of hydrogen-bond donors (Lipinski definition) is 1. The molecule has 0 fully saturated rings. The maximum Gasteiger partial charge on any atom is 0.243 e. The van der Waals surface area contributed by atoms with Gasteiger partial charge in [-0.05, 0) is 48.4 Å². The van der Waals surface area contributed by atoms with Crippen LogP contribution in [0.15, 0.2) is 41.3 Å². The molecular formula is C20H24F2N2O4S. The minimum atomic E-state index is -3.71. The molecule has 29 heavy (non-hydrogen) atoms. The highest BCUT2D eigenvalue weighted by molar-refractivity contribution is 7.89. The lowest BCUT2D eigenvalue weighted by Gasteiger charge is -2.19. The Labute approximate surface area is 169 Å². The van der Waals surface area contributed by atoms with Gasteiger partial charge < -0.3 is 10.1 Å². The summed E-state index contributed by atoms with van der Waals surface area (Å²) in [5.74, 6) is -1.37. The van der Waals surface area contributed by atoms with Crippen LogP contribution in [0.1, 0.15) is 25.8 Å². The van der Waals surface area contributed by atoms with Gasteiger partial charge in [0.1, 0.15) is 17.4 Å². The lowest BCUT2D eigenvalue weighted by molar-refractivity contribution is -0.116. The normalized spacial score (nSPS) is 11.5. The lowest BCUT2D eigenvalue weighted by Crippen LogP contribution is -2.30. The van der Waals surface area contributed by atoms with Crippen molar-refractivity contribution in [2.75, 3.05) is 25.5 Å². The minimum absolute atomic E-state index is 0.00478. The van der Waals surface area contributed by atoms with Gasteiger partial charge in [0.2, 0.25) is 15.9 Å². The van der Waals surface area contributed by atoms with E-state index in [9.17, 15) is 22.0 Å². The summed E-state index contributed by atoms with van der Waals surface area (Å²) in [5.41, 5.74) is 0.274. The maximum atomic E-state index is 13.7. The van der Waals surface area contributed by atoms with E-state index in [1.807, 2.05) is 0 Å². The fourth-order valence-corrected chi connectivity index (χ4v) is 4.34. The number of nitrogens with zero attached hydrogens (tertiary/aromatic N) is 1. The number of carbonyl (C=O) groups is 1. The molecule has 0 radical (unpaired) electrons. The lowest BCUT2D eigenvalue weighted by atomic mass is 10.1. The first-order valence-electron chi connectivity index (χ1n) is 9.14. The van der Waals surface area contributed by atoms with Crippen LogP contribution in [0.3, 0.4) is 0 Å². The molecule has 0 saturated heterocycles. The van der Waals surface area contributed by atoms with Crippen molar-refractivity contribution >= 4 is 21.6 Å². The Hall–Kier alpha value is -2.52. The molecule has 0 aromatic heterocycles. The quantitative estimate of drug-likeness (QED) is 0.665. The van der Waals surface area contributed by atoms with Crippen LogP contribution in [0.2, 0.25) is 0 Å². The smallest absolute Gasteiger partial charge is 0.243 e. The van der Waals surface area contributed by atoms with E-state index < -0.39 is 27.6 Å². The molecule has 6 nitrogen and oxygen atoms in total. The van der Waals surface area contributed by atoms with Crippen LogP contribution in [0.4, 0.5) is 14.5 Å². The van der Waals surface area contributed by atoms with E-state index >= 15 is 0 Å². The predicted octanol–water partition coefficient (Wildman–Crippen LogP) is 3.58. The summed E-state index contributed by atoms with van der Waals surface area (Å²) >= 11 is 0. The highest BCUT2D eigenvalue weighted by Gasteiger charge is 2.23. The molecule has 0 saturated carbocycles. The Morgan fingerprint density at radius 2 is 1.79 bits per heavy atom. The number of amides is 1. The standard InChI is InChI=1S/C20H24F2N2O4S/c1-4-24(5-2)29(26,27)16-8-10-19(28-3)18(13-16)23-20(25)11-6-14-12-15(21)7-9-17(14)22/h7-10,12-13H,4-6,11H2,1-3H3,(H,23,25). The molecular weight excluding hydrogens is 402 g/mol. The van der Waals surface area contributed by atoms with Gasteiger partial charge in [0.05, 0.1) is 17.7 Å². The third-order valence-electron chi connectivity index (χ3n) is 4.42. The van der Waals surface area contributed by atoms with Crippen molar-refractivity contribution in [3.8, 4) is 5.75 Å². The Bertz CT molecular complexity index is 976. The second-order valence-electron chi connectivity index (χ2n) is 6.24. The number of ether oxygens (including phenoxy) is 1. The van der Waals surface area contributed by atoms with Crippen LogP contribution < -0.4 is 10.1 Å². The third kappa shape index (κ3) is 5.51. The van der Waals surface area contributed by atoms with Gasteiger partial charge in [-0.3, -0.25) is 4.79 Å². The molecule has 0 aliphatic heterocycles. The SMILES string of the molecule is CCN(CC)S(=O)(=O)c1ccc(OC)c(NC(=O)CCc2cc(F)ccc2F)c1. The van der Waals surface area contributed by atoms with Crippen molar-refractivity contribution in [3.05, 3.63) is 53.6 Å². The highest BCUT2D eigenvalue weighted by atomic mass is 32.2. The van der Waals surface area contributed by atoms with Crippen LogP contribution in [0, 0.1) is 11.6 Å². The van der Waals surface area contributed by atoms with Gasteiger partial charge in [0.15, 0.2) is 0 Å². The molecule has 0 aliphatic rings. The van der Waals surface area contributed by atoms with Gasteiger partial charge in [-0.25, -0.2) is 17.2 Å². The Balaban J connectivity index is 2.20. The number of carbonyl (C=O) groups excluding carboxylic acids is 1. The average Bonchev–Trinajstić information content (AvgIpc) is 2.69. The summed E-state index contributed by atoms with van der Waals surface area (Å²) in [7, 11) is -2.32. The molecule has 1 N–H and O–H groups in total. The van der Waals surface area contributed by atoms with E-state index in [-0.39, 0.29) is 34.7 Å². The number of sulfonamides is 1. The van der Waals surface area contributed by atoms with Crippen molar-refractivity contribution < 1.29 is 26.7 Å². The van der Waals surface area contributed by atoms with Crippen LogP contribution in [-0.4, -0.2) is 38.8 Å². The molecule has 2 rings (SSSR count). The second kappa shape index (κ2) is 9.80. The van der Waals surface area contributed by atoms with E-state index in [1.54, 1.807) is 13.8 Å². The first-order valence-corrected chi connectivity index (χ1v) is 10.6. The predicted molar refractivity (Wildman–Crippen MR) is 106 cm³/mol. The third-order valence-corrected chi connectivity index (χ3v) is 6.46. The summed E-state index contributed by atoms with van der Waals surface area (Å²) in [6.45, 7) is 4.09. The van der Waals surface area contributed by atoms with Gasteiger partial charge in [0.25, 0.3) is 0 Å². The van der Waals surface area contributed by atoms with Crippen LogP contribution in [-0.2, 0) is 21.2 Å². The zero-order valence-electron chi connectivity index (χ0n) is 16.5. The number of methoxy groups -OCH3 is 1. The van der Waals surface area contributed by atoms with Crippen molar-refractivity contribution in [2.45, 2.75) is 31.6 Å². The van der Waals surface area contributed by atoms with E-state index in [1.165, 1.54) is 29.6 Å². The molecule has 1 amide bonds. The molecule has 2 aromatic rings. The molecule has 2 aromatic carbocycles. The van der Waals surface area contributed by atoms with E-state index in [4.69, 9.17) is 4.74 Å². The number of benzene rings is 2. The van der Waals surface area contributed by atoms with Gasteiger partial charge in [0, 0.05) is 19.5 Å². The summed E-state index contributed by atoms with van der Waals surface area (Å²) in [6.07, 6.45) is -0.119. The van der Waals surface area contributed by atoms with E-state index in [0.29, 0.717) is 13.1 Å². The molecule has 158 valence electrons. The summed E-state index contributed by atoms with van der Waals surface area (Å²) in [4.78, 5) is 12.3. The summed E-state index contributed by atoms with van der Waals surface area (Å²) in [6, 6.07) is 7.24. The van der Waals surface area contributed by atoms with Crippen molar-refractivity contribution in [1.82, 2.24) is 4.31 Å². The van der Waals surface area contributed by atoms with Crippen molar-refractivity contribution in [3.63, 3.8) is 0 Å². The molecule has 0 aliphatic carbocycles. The van der Waals surface area contributed by atoms with Gasteiger partial charge >= 0.3 is 0 Å². The van der Waals surface area contributed by atoms with E-state index in [2.05, 4.69) is 5.32 Å². The largest absolute Gasteiger partial charge is 0.495 e. The van der Waals surface area contributed by atoms with Gasteiger partial charge in [-0.15, -0.1) is 0 Å². The molecule has 9 heteroatoms. The topological polar surface area (TPSA) is 75.7 Å². The fourth-order valence-electron chi connectivity index (χ4n) is 2.85. The Morgan fingerprint density at radius 3 is 2.41 bits per heavy atom. The van der Waals surface area contributed by atoms with Crippen molar-refractivity contribution in [1.29, 1.82) is 0 Å². The minimum Gasteiger partial charge on any atom is -0.495 e. The number of nitrogens with one attached hydrogen (secondary N) is 1. The fraction of sp³-hybridized carbons (Fsp3) is 0.350. The number of hydrogen-bond acceptors (Lipinski definition) is 4. The van der Waals surface area contributed by atoms with Crippen LogP contribution in [0.25, 0.3) is 0 Å². The van der Waals surface area contributed by atoms with Gasteiger partial charge in [-0.2, -0.15) is 4.31 Å². The van der Waals surface area contributed by atoms with Crippen LogP contribution in [0.5, 0.6) is 5.75 Å². The number of anilines is 1. The zero-order valence-corrected chi connectivity index (χ0v) is 17.4. The average molecular weight is 426 g/mol. The molecule has 0 unspecified atom stereocenters. The second-order valence-corrected chi connectivity index (χ2v) is 8.17. The monoisotopic (exact) mass is 426 g/mol. The van der Waals surface area contributed by atoms with Crippen LogP contribution >= 0.6 is 0 Å². The summed E-state index contributed by atoms with van der Waals surface area (Å²) < 4.78 is 58.9. The zero-order chi connectivity index (χ0) is 21.6. The molecule has 0 atom stereocenters. The first-order chi connectivity index (χ1) is 13.7. The summed E-state index contributed by atoms with van der Waals surface area (Å²) in [5, 5.41) is 2.59. The Morgan fingerprint density at radius 1 is 1.10 bits per heavy atom. The number of aryl methyl sites for hydroxylation is 1. The molecule has 0 spiro atoms. The highest BCUT2D eigenvalue weighted by Crippen LogP contribution is 2.29. The van der Waals surface area contributed by atoms with E-state index in [0.717, 1.165) is 18.2 Å². The molecule has 0 bridgehead atoms. The van der Waals surface area contributed by atoms with Gasteiger partial charge in [-0.1, -0.05) is 13.8 Å².